The minimum atomic E-state index is 0.108. The normalized spacial score (nSPS) is 11.3. The molecule has 0 aromatic carbocycles. The topological polar surface area (TPSA) is 35.0 Å². The third kappa shape index (κ3) is 3.06. The molecule has 2 heterocycles. The summed E-state index contributed by atoms with van der Waals surface area (Å²) in [6, 6.07) is 7.74. The summed E-state index contributed by atoms with van der Waals surface area (Å²) in [5.41, 5.74) is 2.27. The molecule has 2 rings (SSSR count). The number of rotatable bonds is 2. The molecule has 94 valence electrons. The van der Waals surface area contributed by atoms with Crippen molar-refractivity contribution in [2.45, 2.75) is 33.1 Å². The van der Waals surface area contributed by atoms with Gasteiger partial charge in [0.2, 0.25) is 5.88 Å². The smallest absolute Gasteiger partial charge is 0.219 e. The van der Waals surface area contributed by atoms with Crippen LogP contribution in [0.3, 0.4) is 0 Å². The summed E-state index contributed by atoms with van der Waals surface area (Å²) in [5.74, 6) is 1.30. The second-order valence-corrected chi connectivity index (χ2v) is 5.37. The largest absolute Gasteiger partial charge is 0.437 e. The van der Waals surface area contributed by atoms with Crippen LogP contribution in [0, 0.1) is 6.92 Å². The lowest BCUT2D eigenvalue weighted by Crippen LogP contribution is -2.11. The average Bonchev–Trinajstić information content (AvgIpc) is 2.32. The zero-order chi connectivity index (χ0) is 13.2. The predicted molar refractivity (Wildman–Crippen MR) is 72.0 cm³/mol. The highest BCUT2D eigenvalue weighted by molar-refractivity contribution is 5.28. The van der Waals surface area contributed by atoms with Crippen LogP contribution >= 0.6 is 0 Å². The monoisotopic (exact) mass is 242 g/mol. The lowest BCUT2D eigenvalue weighted by molar-refractivity contribution is 0.458. The van der Waals surface area contributed by atoms with Crippen LogP contribution in [0.25, 0.3) is 0 Å². The van der Waals surface area contributed by atoms with Crippen LogP contribution in [0.1, 0.15) is 32.0 Å². The fourth-order valence-corrected chi connectivity index (χ4v) is 1.52. The highest BCUT2D eigenvalue weighted by Gasteiger charge is 2.13. The van der Waals surface area contributed by atoms with E-state index >= 15 is 0 Å². The minimum Gasteiger partial charge on any atom is -0.437 e. The second-order valence-electron chi connectivity index (χ2n) is 5.37. The first-order valence-corrected chi connectivity index (χ1v) is 6.02. The molecule has 3 nitrogen and oxygen atoms in total. The third-order valence-corrected chi connectivity index (χ3v) is 2.71. The van der Waals surface area contributed by atoms with Crippen molar-refractivity contribution in [3.8, 4) is 11.6 Å². The van der Waals surface area contributed by atoms with E-state index in [-0.39, 0.29) is 5.41 Å². The molecule has 0 bridgehead atoms. The number of pyridine rings is 2. The van der Waals surface area contributed by atoms with Gasteiger partial charge in [0.05, 0.1) is 6.20 Å². The highest BCUT2D eigenvalue weighted by Crippen LogP contribution is 2.24. The molecule has 0 saturated heterocycles. The lowest BCUT2D eigenvalue weighted by atomic mass is 9.88. The van der Waals surface area contributed by atoms with Gasteiger partial charge in [0.25, 0.3) is 0 Å². The number of nitrogens with zero attached hydrogens (tertiary/aromatic N) is 2. The second kappa shape index (κ2) is 4.77. The minimum absolute atomic E-state index is 0.108. The quantitative estimate of drug-likeness (QED) is 0.801. The first kappa shape index (κ1) is 12.6. The molecule has 2 aromatic heterocycles. The Morgan fingerprint density at radius 3 is 2.22 bits per heavy atom. The zero-order valence-electron chi connectivity index (χ0n) is 11.3. The van der Waals surface area contributed by atoms with Crippen molar-refractivity contribution in [3.63, 3.8) is 0 Å². The van der Waals surface area contributed by atoms with E-state index in [0.29, 0.717) is 11.6 Å². The van der Waals surface area contributed by atoms with Gasteiger partial charge in [0, 0.05) is 18.0 Å². The number of hydrogen-bond donors (Lipinski definition) is 0. The Morgan fingerprint density at radius 2 is 1.72 bits per heavy atom. The van der Waals surface area contributed by atoms with Crippen molar-refractivity contribution < 1.29 is 4.74 Å². The summed E-state index contributed by atoms with van der Waals surface area (Å²) in [6.07, 6.45) is 3.56. The SMILES string of the molecule is Cc1ccc(Oc2ccc(C(C)(C)C)cn2)cn1. The molecule has 0 radical (unpaired) electrons. The summed E-state index contributed by atoms with van der Waals surface area (Å²) >= 11 is 0. The van der Waals surface area contributed by atoms with Gasteiger partial charge in [-0.3, -0.25) is 4.98 Å². The Kier molecular flexibility index (Phi) is 3.32. The third-order valence-electron chi connectivity index (χ3n) is 2.71. The van der Waals surface area contributed by atoms with E-state index in [4.69, 9.17) is 4.74 Å². The number of hydrogen-bond acceptors (Lipinski definition) is 3. The standard InChI is InChI=1S/C15H18N2O/c1-11-5-7-13(10-16-11)18-14-8-6-12(9-17-14)15(2,3)4/h5-10H,1-4H3. The molecule has 18 heavy (non-hydrogen) atoms. The van der Waals surface area contributed by atoms with Crippen molar-refractivity contribution in [3.05, 3.63) is 47.9 Å². The molecule has 0 amide bonds. The molecule has 0 aliphatic rings. The molecular formula is C15H18N2O. The Bertz CT molecular complexity index is 510. The van der Waals surface area contributed by atoms with Gasteiger partial charge in [-0.15, -0.1) is 0 Å². The first-order chi connectivity index (χ1) is 8.45. The van der Waals surface area contributed by atoms with E-state index in [1.54, 1.807) is 6.20 Å². The molecule has 2 aromatic rings. The number of aryl methyl sites for hydroxylation is 1. The fraction of sp³-hybridized carbons (Fsp3) is 0.333. The van der Waals surface area contributed by atoms with Crippen LogP contribution < -0.4 is 4.74 Å². The van der Waals surface area contributed by atoms with Gasteiger partial charge < -0.3 is 4.74 Å². The van der Waals surface area contributed by atoms with Crippen LogP contribution in [0.2, 0.25) is 0 Å². The van der Waals surface area contributed by atoms with Gasteiger partial charge in [-0.1, -0.05) is 26.8 Å². The molecule has 0 atom stereocenters. The molecule has 0 aliphatic carbocycles. The van der Waals surface area contributed by atoms with Gasteiger partial charge in [0.1, 0.15) is 5.75 Å². The van der Waals surface area contributed by atoms with E-state index in [1.165, 1.54) is 5.56 Å². The molecule has 0 fully saturated rings. The van der Waals surface area contributed by atoms with Gasteiger partial charge in [-0.05, 0) is 30.0 Å². The molecule has 0 aliphatic heterocycles. The maximum Gasteiger partial charge on any atom is 0.219 e. The van der Waals surface area contributed by atoms with E-state index in [2.05, 4.69) is 30.7 Å². The Morgan fingerprint density at radius 1 is 0.944 bits per heavy atom. The average molecular weight is 242 g/mol. The molecule has 3 heteroatoms. The van der Waals surface area contributed by atoms with Gasteiger partial charge in [-0.25, -0.2) is 4.98 Å². The van der Waals surface area contributed by atoms with Crippen molar-refractivity contribution in [1.82, 2.24) is 9.97 Å². The summed E-state index contributed by atoms with van der Waals surface area (Å²) in [7, 11) is 0. The summed E-state index contributed by atoms with van der Waals surface area (Å²) in [6.45, 7) is 8.43. The predicted octanol–water partition coefficient (Wildman–Crippen LogP) is 3.87. The Balaban J connectivity index is 2.13. The maximum atomic E-state index is 5.63. The van der Waals surface area contributed by atoms with Crippen molar-refractivity contribution in [2.75, 3.05) is 0 Å². The van der Waals surface area contributed by atoms with Crippen LogP contribution in [0.5, 0.6) is 11.6 Å². The molecule has 0 spiro atoms. The van der Waals surface area contributed by atoms with Gasteiger partial charge in [0.15, 0.2) is 0 Å². The maximum absolute atomic E-state index is 5.63. The van der Waals surface area contributed by atoms with Crippen molar-refractivity contribution in [1.29, 1.82) is 0 Å². The number of ether oxygens (including phenoxy) is 1. The summed E-state index contributed by atoms with van der Waals surface area (Å²) in [5, 5.41) is 0. The van der Waals surface area contributed by atoms with E-state index in [0.717, 1.165) is 5.69 Å². The first-order valence-electron chi connectivity index (χ1n) is 6.02. The molecule has 0 unspecified atom stereocenters. The summed E-state index contributed by atoms with van der Waals surface area (Å²) in [4.78, 5) is 8.49. The molecule has 0 saturated carbocycles. The lowest BCUT2D eigenvalue weighted by Gasteiger charge is -2.18. The van der Waals surface area contributed by atoms with Crippen LogP contribution in [-0.2, 0) is 5.41 Å². The Labute approximate surface area is 108 Å². The van der Waals surface area contributed by atoms with E-state index < -0.39 is 0 Å². The molecule has 0 N–H and O–H groups in total. The zero-order valence-corrected chi connectivity index (χ0v) is 11.3. The molecular weight excluding hydrogens is 224 g/mol. The van der Waals surface area contributed by atoms with Crippen LogP contribution in [0.4, 0.5) is 0 Å². The van der Waals surface area contributed by atoms with Crippen molar-refractivity contribution >= 4 is 0 Å². The number of aromatic nitrogens is 2. The summed E-state index contributed by atoms with van der Waals surface area (Å²) < 4.78 is 5.63. The van der Waals surface area contributed by atoms with Crippen LogP contribution in [0.15, 0.2) is 36.7 Å². The Hall–Kier alpha value is -1.90. The fourth-order valence-electron chi connectivity index (χ4n) is 1.52. The van der Waals surface area contributed by atoms with Gasteiger partial charge >= 0.3 is 0 Å². The highest BCUT2D eigenvalue weighted by atomic mass is 16.5. The van der Waals surface area contributed by atoms with Gasteiger partial charge in [-0.2, -0.15) is 0 Å². The van der Waals surface area contributed by atoms with E-state index in [9.17, 15) is 0 Å². The van der Waals surface area contributed by atoms with Crippen molar-refractivity contribution in [2.24, 2.45) is 0 Å². The van der Waals surface area contributed by atoms with Crippen LogP contribution in [-0.4, -0.2) is 9.97 Å². The van der Waals surface area contributed by atoms with E-state index in [1.807, 2.05) is 37.4 Å².